The summed E-state index contributed by atoms with van der Waals surface area (Å²) in [6, 6.07) is 121. The summed E-state index contributed by atoms with van der Waals surface area (Å²) in [5, 5.41) is 15.0. The minimum absolute atomic E-state index is 0.0210. The molecule has 0 unspecified atom stereocenters. The van der Waals surface area contributed by atoms with Gasteiger partial charge in [0.15, 0.2) is 5.78 Å². The van der Waals surface area contributed by atoms with Crippen molar-refractivity contribution in [2.45, 2.75) is 0 Å². The fraction of sp³-hybridized carbons (Fsp3) is 0. The van der Waals surface area contributed by atoms with Crippen LogP contribution in [-0.2, 0) is 0 Å². The Morgan fingerprint density at radius 1 is 0.202 bits per heavy atom. The molecule has 6 heterocycles. The number of hydrogen-bond acceptors (Lipinski definition) is 3. The second kappa shape index (κ2) is 25.2. The zero-order chi connectivity index (χ0) is 69.4. The van der Waals surface area contributed by atoms with Crippen LogP contribution < -0.4 is 0 Å². The average molecular weight is 1340 g/mol. The van der Waals surface area contributed by atoms with Crippen LogP contribution in [-0.4, -0.2) is 45.0 Å². The maximum absolute atomic E-state index is 13.6. The van der Waals surface area contributed by atoms with Gasteiger partial charge in [0.05, 0.1) is 49.7 Å². The molecule has 0 saturated heterocycles. The van der Waals surface area contributed by atoms with Gasteiger partial charge in [-0.05, 0) is 167 Å². The predicted molar refractivity (Wildman–Crippen MR) is 427 cm³/mol. The lowest BCUT2D eigenvalue weighted by atomic mass is 10.00. The average Bonchev–Trinajstić information content (AvgIpc) is 1.58. The molecule has 0 N–H and O–H groups in total. The molecule has 0 radical (unpaired) electrons. The summed E-state index contributed by atoms with van der Waals surface area (Å²) < 4.78 is 12.7. The second-order valence-corrected chi connectivity index (χ2v) is 26.3. The number of rotatable bonds is 8. The number of carbonyl (C=O) groups is 3. The van der Waals surface area contributed by atoms with Crippen LogP contribution in [0.5, 0.6) is 0 Å². The van der Waals surface area contributed by atoms with Crippen LogP contribution in [0.3, 0.4) is 0 Å². The van der Waals surface area contributed by atoms with E-state index < -0.39 is 0 Å². The van der Waals surface area contributed by atoms with Crippen molar-refractivity contribution in [2.24, 2.45) is 0 Å². The highest BCUT2D eigenvalue weighted by atomic mass is 16.2. The monoisotopic (exact) mass is 1330 g/mol. The molecule has 9 heteroatoms. The summed E-state index contributed by atoms with van der Waals surface area (Å²) in [6.45, 7) is 0. The van der Waals surface area contributed by atoms with Gasteiger partial charge in [0.25, 0.3) is 11.8 Å². The molecular weight excluding hydrogens is 1270 g/mol. The number of fused-ring (bicyclic) bond motifs is 17. The minimum Gasteiger partial charge on any atom is -0.316 e. The molecule has 0 bridgehead atoms. The van der Waals surface area contributed by atoms with E-state index >= 15 is 0 Å². The Morgan fingerprint density at radius 2 is 0.548 bits per heavy atom. The van der Waals surface area contributed by atoms with E-state index in [1.807, 2.05) is 152 Å². The first-order chi connectivity index (χ1) is 51.4. The van der Waals surface area contributed by atoms with Crippen molar-refractivity contribution in [3.8, 4) is 22.7 Å². The molecule has 15 aromatic carbocycles. The van der Waals surface area contributed by atoms with Crippen molar-refractivity contribution in [3.63, 3.8) is 0 Å². The molecule has 0 atom stereocenters. The summed E-state index contributed by atoms with van der Waals surface area (Å²) in [7, 11) is 0. The largest absolute Gasteiger partial charge is 0.316 e. The van der Waals surface area contributed by atoms with E-state index in [0.717, 1.165) is 93.7 Å². The van der Waals surface area contributed by atoms with Crippen LogP contribution in [0.15, 0.2) is 377 Å². The lowest BCUT2D eigenvalue weighted by Crippen LogP contribution is -2.10. The highest BCUT2D eigenvalue weighted by molar-refractivity contribution is 6.22. The standard InChI is InChI=1S/C37H24N2O.C31H20N2O.C27H18N2O/c40-37(28-15-14-25-8-4-5-9-27(25)24-28)26-16-18-29(19-17-26)38-23-22-33-34(38)21-20-32-31-12-6-7-13-35(31)39(36(32)33)30-10-2-1-3-11-30;34-31(23-15-14-21-8-4-5-9-22(21)20-23)32-19-18-27-28(32)17-16-26-25-12-6-7-13-29(25)33(30(26)27)24-10-2-1-3-11-24;30-27(19-9-3-1-4-10-19)28-18-17-23-24(28)16-15-22-21-13-7-8-14-25(21)29(26(22)23)20-11-5-2-6-12-20/h1-24H;1-20H;1-18H. The van der Waals surface area contributed by atoms with Crippen molar-refractivity contribution in [1.82, 2.24) is 27.4 Å². The third-order valence-corrected chi connectivity index (χ3v) is 20.4. The zero-order valence-corrected chi connectivity index (χ0v) is 56.2. The Kier molecular flexibility index (Phi) is 14.8. The molecule has 6 aromatic heterocycles. The van der Waals surface area contributed by atoms with E-state index in [9.17, 15) is 14.4 Å². The number of carbonyl (C=O) groups excluding carboxylic acids is 3. The van der Waals surface area contributed by atoms with Crippen LogP contribution >= 0.6 is 0 Å². The maximum atomic E-state index is 13.6. The smallest absolute Gasteiger partial charge is 0.262 e. The lowest BCUT2D eigenvalue weighted by molar-refractivity contribution is 0.0957. The quantitative estimate of drug-likeness (QED) is 0.142. The van der Waals surface area contributed by atoms with Gasteiger partial charge in [0.2, 0.25) is 0 Å². The van der Waals surface area contributed by atoms with Gasteiger partial charge in [0.1, 0.15) is 0 Å². The van der Waals surface area contributed by atoms with Gasteiger partial charge in [-0.1, -0.05) is 212 Å². The van der Waals surface area contributed by atoms with Gasteiger partial charge in [-0.15, -0.1) is 0 Å². The van der Waals surface area contributed by atoms with E-state index in [1.54, 1.807) is 9.13 Å². The zero-order valence-electron chi connectivity index (χ0n) is 56.2. The first-order valence-corrected chi connectivity index (χ1v) is 34.9. The molecule has 490 valence electrons. The van der Waals surface area contributed by atoms with Gasteiger partial charge in [-0.2, -0.15) is 0 Å². The SMILES string of the molecule is O=C(c1ccc(-n2ccc3c2ccc2c4ccccc4n(-c4ccccc4)c23)cc1)c1ccc2ccccc2c1.O=C(c1ccc2ccccc2c1)n1ccc2c1ccc1c3ccccc3n(-c3ccccc3)c12.O=C(c1ccccc1)n1ccc2c1ccc1c3ccccc3n(-c3ccccc3)c12. The molecule has 0 saturated carbocycles. The van der Waals surface area contributed by atoms with E-state index in [2.05, 4.69) is 243 Å². The highest BCUT2D eigenvalue weighted by Gasteiger charge is 2.23. The topological polar surface area (TPSA) is 80.8 Å². The molecule has 21 aromatic rings. The van der Waals surface area contributed by atoms with E-state index in [0.29, 0.717) is 22.3 Å². The second-order valence-electron chi connectivity index (χ2n) is 26.3. The Labute approximate surface area is 597 Å². The number of benzene rings is 15. The highest BCUT2D eigenvalue weighted by Crippen LogP contribution is 2.41. The minimum atomic E-state index is -0.0255. The van der Waals surface area contributed by atoms with Gasteiger partial charge < -0.3 is 18.3 Å². The first kappa shape index (κ1) is 61.0. The molecule has 9 nitrogen and oxygen atoms in total. The van der Waals surface area contributed by atoms with Crippen molar-refractivity contribution >= 4 is 137 Å². The number of aromatic nitrogens is 6. The van der Waals surface area contributed by atoms with Gasteiger partial charge in [0, 0.05) is 112 Å². The summed E-state index contributed by atoms with van der Waals surface area (Å²) in [4.78, 5) is 40.0. The Bertz CT molecular complexity index is 6950. The molecule has 0 amide bonds. The number of ketones is 1. The lowest BCUT2D eigenvalue weighted by Gasteiger charge is -2.10. The van der Waals surface area contributed by atoms with Crippen LogP contribution in [0.4, 0.5) is 0 Å². The van der Waals surface area contributed by atoms with Gasteiger partial charge in [-0.3, -0.25) is 23.5 Å². The third kappa shape index (κ3) is 10.2. The van der Waals surface area contributed by atoms with Crippen LogP contribution in [0.25, 0.3) is 142 Å². The number of hydrogen-bond donors (Lipinski definition) is 0. The molecule has 0 aliphatic rings. The number of para-hydroxylation sites is 6. The molecule has 0 spiro atoms. The molecule has 104 heavy (non-hydrogen) atoms. The summed E-state index contributed by atoms with van der Waals surface area (Å²) >= 11 is 0. The third-order valence-electron chi connectivity index (χ3n) is 20.4. The van der Waals surface area contributed by atoms with Crippen molar-refractivity contribution < 1.29 is 14.4 Å². The van der Waals surface area contributed by atoms with Crippen LogP contribution in [0.1, 0.15) is 36.6 Å². The van der Waals surface area contributed by atoms with Crippen LogP contribution in [0, 0.1) is 0 Å². The summed E-state index contributed by atoms with van der Waals surface area (Å²) in [6.07, 6.45) is 5.90. The number of nitrogens with zero attached hydrogens (tertiary/aromatic N) is 6. The predicted octanol–water partition coefficient (Wildman–Crippen LogP) is 23.1. The molecule has 0 fully saturated rings. The maximum Gasteiger partial charge on any atom is 0.262 e. The van der Waals surface area contributed by atoms with E-state index in [1.165, 1.54) is 48.7 Å². The van der Waals surface area contributed by atoms with Gasteiger partial charge in [-0.25, -0.2) is 0 Å². The van der Waals surface area contributed by atoms with Crippen LogP contribution in [0.2, 0.25) is 0 Å². The Hall–Kier alpha value is -14.2. The summed E-state index contributed by atoms with van der Waals surface area (Å²) in [5.41, 5.74) is 17.0. The first-order valence-electron chi connectivity index (χ1n) is 34.9. The molecule has 21 rings (SSSR count). The normalized spacial score (nSPS) is 11.6. The molecule has 0 aliphatic carbocycles. The van der Waals surface area contributed by atoms with Crippen molar-refractivity contribution in [3.05, 3.63) is 399 Å². The molecular formula is C95H62N6O3. The van der Waals surface area contributed by atoms with Crippen molar-refractivity contribution in [2.75, 3.05) is 0 Å². The molecule has 0 aliphatic heterocycles. The fourth-order valence-corrected chi connectivity index (χ4v) is 15.6. The van der Waals surface area contributed by atoms with Gasteiger partial charge >= 0.3 is 0 Å². The van der Waals surface area contributed by atoms with Crippen molar-refractivity contribution in [1.29, 1.82) is 0 Å². The van der Waals surface area contributed by atoms with E-state index in [4.69, 9.17) is 0 Å². The summed E-state index contributed by atoms with van der Waals surface area (Å²) in [5.74, 6) is -0.0152. The Balaban J connectivity index is 0.000000109. The fourth-order valence-electron chi connectivity index (χ4n) is 15.6. The Morgan fingerprint density at radius 3 is 1.01 bits per heavy atom. The van der Waals surface area contributed by atoms with E-state index in [-0.39, 0.29) is 17.6 Å².